The predicted molar refractivity (Wildman–Crippen MR) is 87.0 cm³/mol. The smallest absolute Gasteiger partial charge is 0.193 e. The van der Waals surface area contributed by atoms with Crippen molar-refractivity contribution in [1.82, 2.24) is 10.2 Å². The van der Waals surface area contributed by atoms with Gasteiger partial charge in [0.1, 0.15) is 17.7 Å². The Balaban J connectivity index is 0.00000324. The van der Waals surface area contributed by atoms with E-state index in [4.69, 9.17) is 4.74 Å². The van der Waals surface area contributed by atoms with Gasteiger partial charge in [-0.2, -0.15) is 0 Å². The van der Waals surface area contributed by atoms with E-state index in [9.17, 15) is 4.39 Å². The van der Waals surface area contributed by atoms with Gasteiger partial charge in [-0.05, 0) is 19.1 Å². The van der Waals surface area contributed by atoms with Crippen LogP contribution in [0.1, 0.15) is 6.92 Å². The van der Waals surface area contributed by atoms with E-state index in [0.29, 0.717) is 12.3 Å². The maximum Gasteiger partial charge on any atom is 0.193 e. The van der Waals surface area contributed by atoms with E-state index >= 15 is 0 Å². The molecule has 108 valence electrons. The number of rotatable bonds is 4. The van der Waals surface area contributed by atoms with E-state index in [1.165, 1.54) is 12.1 Å². The van der Waals surface area contributed by atoms with Gasteiger partial charge in [0.2, 0.25) is 0 Å². The molecule has 0 amide bonds. The minimum Gasteiger partial charge on any atom is -0.489 e. The monoisotopic (exact) mass is 381 g/mol. The molecule has 1 atom stereocenters. The predicted octanol–water partition coefficient (Wildman–Crippen LogP) is 2.35. The quantitative estimate of drug-likeness (QED) is 0.494. The van der Waals surface area contributed by atoms with Crippen molar-refractivity contribution in [2.24, 2.45) is 4.99 Å². The number of nitrogens with one attached hydrogen (secondary N) is 1. The first-order chi connectivity index (χ1) is 8.52. The lowest BCUT2D eigenvalue weighted by Crippen LogP contribution is -2.41. The third-order valence-corrected chi connectivity index (χ3v) is 2.32. The summed E-state index contributed by atoms with van der Waals surface area (Å²) >= 11 is 0. The van der Waals surface area contributed by atoms with Crippen LogP contribution < -0.4 is 10.1 Å². The van der Waals surface area contributed by atoms with Crippen LogP contribution in [-0.2, 0) is 0 Å². The summed E-state index contributed by atoms with van der Waals surface area (Å²) < 4.78 is 18.6. The van der Waals surface area contributed by atoms with Gasteiger partial charge >= 0.3 is 0 Å². The zero-order valence-electron chi connectivity index (χ0n) is 11.7. The first-order valence-corrected chi connectivity index (χ1v) is 5.83. The normalized spacial score (nSPS) is 12.4. The van der Waals surface area contributed by atoms with Gasteiger partial charge in [-0.1, -0.05) is 6.07 Å². The topological polar surface area (TPSA) is 36.9 Å². The van der Waals surface area contributed by atoms with Crippen LogP contribution in [0.3, 0.4) is 0 Å². The van der Waals surface area contributed by atoms with E-state index in [1.807, 2.05) is 25.9 Å². The van der Waals surface area contributed by atoms with Crippen molar-refractivity contribution in [3.63, 3.8) is 0 Å². The summed E-state index contributed by atoms with van der Waals surface area (Å²) in [4.78, 5) is 5.98. The Morgan fingerprint density at radius 3 is 2.68 bits per heavy atom. The van der Waals surface area contributed by atoms with Crippen molar-refractivity contribution in [3.8, 4) is 5.75 Å². The number of halogens is 2. The highest BCUT2D eigenvalue weighted by molar-refractivity contribution is 14.0. The molecule has 0 saturated carbocycles. The molecule has 1 unspecified atom stereocenters. The molecule has 1 aromatic rings. The minimum absolute atomic E-state index is 0. The number of benzene rings is 1. The molecule has 4 nitrogen and oxygen atoms in total. The zero-order chi connectivity index (χ0) is 13.5. The zero-order valence-corrected chi connectivity index (χ0v) is 14.0. The largest absolute Gasteiger partial charge is 0.489 e. The Morgan fingerprint density at radius 2 is 2.16 bits per heavy atom. The molecular formula is C13H21FIN3O. The van der Waals surface area contributed by atoms with Crippen molar-refractivity contribution < 1.29 is 9.13 Å². The molecule has 0 aromatic heterocycles. The summed E-state index contributed by atoms with van der Waals surface area (Å²) in [5.41, 5.74) is 0. The number of hydrogen-bond donors (Lipinski definition) is 1. The van der Waals surface area contributed by atoms with Gasteiger partial charge in [-0.25, -0.2) is 4.39 Å². The molecule has 0 aliphatic carbocycles. The molecule has 0 heterocycles. The van der Waals surface area contributed by atoms with Crippen molar-refractivity contribution in [1.29, 1.82) is 0 Å². The molecule has 6 heteroatoms. The van der Waals surface area contributed by atoms with Gasteiger partial charge in [0, 0.05) is 27.2 Å². The molecule has 0 bridgehead atoms. The van der Waals surface area contributed by atoms with Crippen molar-refractivity contribution in [3.05, 3.63) is 30.1 Å². The van der Waals surface area contributed by atoms with Gasteiger partial charge in [0.05, 0.1) is 6.54 Å². The summed E-state index contributed by atoms with van der Waals surface area (Å²) in [7, 11) is 5.54. The Bertz CT molecular complexity index is 413. The van der Waals surface area contributed by atoms with Gasteiger partial charge < -0.3 is 15.0 Å². The van der Waals surface area contributed by atoms with Crippen molar-refractivity contribution in [2.45, 2.75) is 13.0 Å². The SMILES string of the molecule is CN=C(NCC(C)Oc1cccc(F)c1)N(C)C.I. The number of nitrogens with zero attached hydrogens (tertiary/aromatic N) is 2. The van der Waals surface area contributed by atoms with Crippen LogP contribution in [0.5, 0.6) is 5.75 Å². The van der Waals surface area contributed by atoms with Crippen LogP contribution in [0.15, 0.2) is 29.3 Å². The first-order valence-electron chi connectivity index (χ1n) is 5.83. The molecule has 1 N–H and O–H groups in total. The third-order valence-electron chi connectivity index (χ3n) is 2.32. The molecule has 0 fully saturated rings. The van der Waals surface area contributed by atoms with Crippen LogP contribution >= 0.6 is 24.0 Å². The van der Waals surface area contributed by atoms with Crippen LogP contribution in [-0.4, -0.2) is 44.7 Å². The second-order valence-corrected chi connectivity index (χ2v) is 4.21. The fraction of sp³-hybridized carbons (Fsp3) is 0.462. The molecule has 1 aromatic carbocycles. The van der Waals surface area contributed by atoms with Crippen molar-refractivity contribution >= 4 is 29.9 Å². The van der Waals surface area contributed by atoms with Crippen LogP contribution in [0.25, 0.3) is 0 Å². The maximum atomic E-state index is 13.0. The number of ether oxygens (including phenoxy) is 1. The average molecular weight is 381 g/mol. The van der Waals surface area contributed by atoms with Gasteiger partial charge in [-0.15, -0.1) is 24.0 Å². The highest BCUT2D eigenvalue weighted by Gasteiger charge is 2.07. The van der Waals surface area contributed by atoms with Gasteiger partial charge in [0.25, 0.3) is 0 Å². The highest BCUT2D eigenvalue weighted by atomic mass is 127. The molecular weight excluding hydrogens is 360 g/mol. The second kappa shape index (κ2) is 8.95. The fourth-order valence-electron chi connectivity index (χ4n) is 1.49. The summed E-state index contributed by atoms with van der Waals surface area (Å²) in [6.45, 7) is 2.52. The van der Waals surface area contributed by atoms with E-state index in [0.717, 1.165) is 5.96 Å². The van der Waals surface area contributed by atoms with E-state index in [2.05, 4.69) is 10.3 Å². The van der Waals surface area contributed by atoms with Gasteiger partial charge in [-0.3, -0.25) is 4.99 Å². The first kappa shape index (κ1) is 17.9. The Labute approximate surface area is 131 Å². The number of hydrogen-bond acceptors (Lipinski definition) is 2. The summed E-state index contributed by atoms with van der Waals surface area (Å²) in [5.74, 6) is 1.02. The standard InChI is InChI=1S/C13H20FN3O.HI/c1-10(9-16-13(15-2)17(3)4)18-12-7-5-6-11(14)8-12;/h5-8,10H,9H2,1-4H3,(H,15,16);1H. The molecule has 19 heavy (non-hydrogen) atoms. The lowest BCUT2D eigenvalue weighted by molar-refractivity contribution is 0.222. The summed E-state index contributed by atoms with van der Waals surface area (Å²) in [5, 5.41) is 3.16. The average Bonchev–Trinajstić information content (AvgIpc) is 2.29. The number of aliphatic imine (C=N–C) groups is 1. The summed E-state index contributed by atoms with van der Waals surface area (Å²) in [6.07, 6.45) is -0.0801. The fourth-order valence-corrected chi connectivity index (χ4v) is 1.49. The number of guanidine groups is 1. The maximum absolute atomic E-state index is 13.0. The molecule has 1 rings (SSSR count). The van der Waals surface area contributed by atoms with Crippen molar-refractivity contribution in [2.75, 3.05) is 27.7 Å². The molecule has 0 radical (unpaired) electrons. The molecule has 0 aliphatic heterocycles. The minimum atomic E-state index is -0.295. The lowest BCUT2D eigenvalue weighted by atomic mass is 10.3. The van der Waals surface area contributed by atoms with Gasteiger partial charge in [0.15, 0.2) is 5.96 Å². The molecule has 0 aliphatic rings. The Kier molecular flexibility index (Phi) is 8.46. The molecule has 0 spiro atoms. The van der Waals surface area contributed by atoms with Crippen LogP contribution in [0.4, 0.5) is 4.39 Å². The van der Waals surface area contributed by atoms with Crippen LogP contribution in [0.2, 0.25) is 0 Å². The van der Waals surface area contributed by atoms with E-state index in [-0.39, 0.29) is 35.9 Å². The Morgan fingerprint density at radius 1 is 1.47 bits per heavy atom. The summed E-state index contributed by atoms with van der Waals surface area (Å²) in [6, 6.07) is 6.13. The van der Waals surface area contributed by atoms with E-state index in [1.54, 1.807) is 19.2 Å². The van der Waals surface area contributed by atoms with Crippen LogP contribution in [0, 0.1) is 5.82 Å². The van der Waals surface area contributed by atoms with E-state index < -0.39 is 0 Å². The lowest BCUT2D eigenvalue weighted by Gasteiger charge is -2.20. The highest BCUT2D eigenvalue weighted by Crippen LogP contribution is 2.13. The molecule has 0 saturated heterocycles. The third kappa shape index (κ3) is 6.60. The Hall–Kier alpha value is -1.05. The second-order valence-electron chi connectivity index (χ2n) is 4.21.